The Bertz CT molecular complexity index is 785. The number of hydrogen-bond donors (Lipinski definition) is 1. The van der Waals surface area contributed by atoms with Crippen LogP contribution in [-0.2, 0) is 9.59 Å². The number of thioether (sulfide) groups is 1. The second kappa shape index (κ2) is 9.73. The summed E-state index contributed by atoms with van der Waals surface area (Å²) in [6, 6.07) is 2.20. The van der Waals surface area contributed by atoms with Gasteiger partial charge < -0.3 is 15.1 Å². The van der Waals surface area contributed by atoms with Gasteiger partial charge in [0.15, 0.2) is 5.16 Å². The van der Waals surface area contributed by atoms with E-state index in [9.17, 15) is 9.59 Å². The third-order valence-corrected chi connectivity index (χ3v) is 7.17. The van der Waals surface area contributed by atoms with Crippen molar-refractivity contribution in [2.24, 2.45) is 5.92 Å². The van der Waals surface area contributed by atoms with Crippen LogP contribution in [0.4, 0.5) is 5.82 Å². The van der Waals surface area contributed by atoms with E-state index in [1.54, 1.807) is 6.07 Å². The lowest BCUT2D eigenvalue weighted by Gasteiger charge is -2.40. The second-order valence-electron chi connectivity index (χ2n) is 8.62. The molecule has 7 nitrogen and oxygen atoms in total. The molecule has 0 radical (unpaired) electrons. The third kappa shape index (κ3) is 5.58. The Hall–Kier alpha value is -1.54. The Morgan fingerprint density at radius 1 is 1.17 bits per heavy atom. The third-order valence-electron chi connectivity index (χ3n) is 6.12. The van der Waals surface area contributed by atoms with E-state index in [-0.39, 0.29) is 23.6 Å². The highest BCUT2D eigenvalue weighted by Gasteiger charge is 2.37. The number of carbonyl (C=O) groups excluding carboxylic acids is 2. The van der Waals surface area contributed by atoms with Crippen LogP contribution in [0.3, 0.4) is 0 Å². The Balaban J connectivity index is 1.32. The second-order valence-corrected chi connectivity index (χ2v) is 9.95. The fourth-order valence-electron chi connectivity index (χ4n) is 4.32. The summed E-state index contributed by atoms with van der Waals surface area (Å²) in [5, 5.41) is 4.01. The van der Waals surface area contributed by atoms with Gasteiger partial charge in [-0.15, -0.1) is 0 Å². The summed E-state index contributed by atoms with van der Waals surface area (Å²) in [7, 11) is 0. The van der Waals surface area contributed by atoms with Crippen LogP contribution in [0.5, 0.6) is 0 Å². The summed E-state index contributed by atoms with van der Waals surface area (Å²) in [6.07, 6.45) is 7.85. The Morgan fingerprint density at radius 3 is 2.63 bits per heavy atom. The van der Waals surface area contributed by atoms with Crippen LogP contribution in [0.25, 0.3) is 0 Å². The molecule has 0 spiro atoms. The van der Waals surface area contributed by atoms with Gasteiger partial charge in [-0.3, -0.25) is 9.59 Å². The number of anilines is 1. The maximum atomic E-state index is 12.4. The van der Waals surface area contributed by atoms with Gasteiger partial charge in [0.05, 0.1) is 5.75 Å². The number of rotatable bonds is 6. The minimum atomic E-state index is 0.0258. The number of nitrogens with zero attached hydrogens (tertiary/aromatic N) is 4. The van der Waals surface area contributed by atoms with Gasteiger partial charge in [-0.25, -0.2) is 9.97 Å². The van der Waals surface area contributed by atoms with Gasteiger partial charge in [0.2, 0.25) is 11.8 Å². The first-order chi connectivity index (χ1) is 14.5. The van der Waals surface area contributed by atoms with E-state index in [1.165, 1.54) is 31.0 Å². The number of aromatic nitrogens is 2. The predicted molar refractivity (Wildman–Crippen MR) is 119 cm³/mol. The summed E-state index contributed by atoms with van der Waals surface area (Å²) in [5.74, 6) is 1.61. The van der Waals surface area contributed by atoms with E-state index in [0.717, 1.165) is 44.6 Å². The molecule has 0 bridgehead atoms. The smallest absolute Gasteiger partial charge is 0.230 e. The number of hydrogen-bond acceptors (Lipinski definition) is 6. The lowest BCUT2D eigenvalue weighted by Crippen LogP contribution is -2.54. The number of amides is 2. The van der Waals surface area contributed by atoms with Crippen molar-refractivity contribution in [1.29, 1.82) is 0 Å². The zero-order valence-corrected chi connectivity index (χ0v) is 19.1. The topological polar surface area (TPSA) is 78.4 Å². The van der Waals surface area contributed by atoms with Crippen molar-refractivity contribution in [3.05, 3.63) is 11.2 Å². The molecule has 1 aromatic heterocycles. The molecule has 0 aromatic carbocycles. The number of halogens is 1. The van der Waals surface area contributed by atoms with Crippen molar-refractivity contribution in [2.45, 2.75) is 69.1 Å². The van der Waals surface area contributed by atoms with Gasteiger partial charge in [0.25, 0.3) is 0 Å². The zero-order valence-electron chi connectivity index (χ0n) is 17.5. The summed E-state index contributed by atoms with van der Waals surface area (Å²) in [5.41, 5.74) is 0. The minimum Gasteiger partial charge on any atom is -0.353 e. The molecule has 1 aliphatic heterocycles. The molecule has 2 saturated carbocycles. The molecule has 2 amide bonds. The average molecular weight is 452 g/mol. The Morgan fingerprint density at radius 2 is 1.93 bits per heavy atom. The summed E-state index contributed by atoms with van der Waals surface area (Å²) >= 11 is 7.57. The van der Waals surface area contributed by atoms with Crippen LogP contribution in [0.2, 0.25) is 5.15 Å². The quantitative estimate of drug-likeness (QED) is 0.406. The van der Waals surface area contributed by atoms with Crippen molar-refractivity contribution >= 4 is 41.0 Å². The summed E-state index contributed by atoms with van der Waals surface area (Å²) in [6.45, 7) is 4.23. The van der Waals surface area contributed by atoms with Gasteiger partial charge in [-0.05, 0) is 32.6 Å². The molecule has 9 heteroatoms. The minimum absolute atomic E-state index is 0.0258. The Labute approximate surface area is 187 Å². The summed E-state index contributed by atoms with van der Waals surface area (Å²) in [4.78, 5) is 37.8. The standard InChI is InChI=1S/C21H30ClN5O2S/c1-14-12-26(9-10-27(14)20(29)15-7-8-15)18-11-17(22)24-21(25-18)30-13-19(28)23-16-5-3-2-4-6-16/h11,14-16H,2-10,12-13H2,1H3,(H,23,28). The maximum Gasteiger partial charge on any atom is 0.230 e. The van der Waals surface area contributed by atoms with E-state index >= 15 is 0 Å². The highest BCUT2D eigenvalue weighted by molar-refractivity contribution is 7.99. The van der Waals surface area contributed by atoms with Crippen LogP contribution >= 0.6 is 23.4 Å². The van der Waals surface area contributed by atoms with Crippen molar-refractivity contribution in [3.63, 3.8) is 0 Å². The molecular weight excluding hydrogens is 422 g/mol. The molecule has 2 aliphatic carbocycles. The fourth-order valence-corrected chi connectivity index (χ4v) is 5.21. The van der Waals surface area contributed by atoms with Crippen molar-refractivity contribution in [2.75, 3.05) is 30.3 Å². The van der Waals surface area contributed by atoms with Gasteiger partial charge in [0.1, 0.15) is 11.0 Å². The first kappa shape index (κ1) is 21.7. The largest absolute Gasteiger partial charge is 0.353 e. The average Bonchev–Trinajstić information content (AvgIpc) is 3.57. The van der Waals surface area contributed by atoms with Gasteiger partial charge in [-0.2, -0.15) is 0 Å². The Kier molecular flexibility index (Phi) is 7.03. The number of nitrogens with one attached hydrogen (secondary N) is 1. The zero-order chi connectivity index (χ0) is 21.1. The molecule has 1 atom stereocenters. The lowest BCUT2D eigenvalue weighted by molar-refractivity contribution is -0.135. The van der Waals surface area contributed by atoms with Crippen LogP contribution in [0, 0.1) is 5.92 Å². The maximum absolute atomic E-state index is 12.4. The molecule has 2 heterocycles. The first-order valence-electron chi connectivity index (χ1n) is 11.0. The molecular formula is C21H30ClN5O2S. The molecule has 1 aromatic rings. The van der Waals surface area contributed by atoms with E-state index in [0.29, 0.717) is 28.8 Å². The molecule has 3 fully saturated rings. The van der Waals surface area contributed by atoms with Gasteiger partial charge in [0, 0.05) is 43.7 Å². The molecule has 1 saturated heterocycles. The van der Waals surface area contributed by atoms with E-state index in [4.69, 9.17) is 11.6 Å². The van der Waals surface area contributed by atoms with Crippen LogP contribution in [0.15, 0.2) is 11.2 Å². The molecule has 164 valence electrons. The van der Waals surface area contributed by atoms with Gasteiger partial charge in [-0.1, -0.05) is 42.6 Å². The van der Waals surface area contributed by atoms with Crippen molar-refractivity contribution < 1.29 is 9.59 Å². The highest BCUT2D eigenvalue weighted by atomic mass is 35.5. The van der Waals surface area contributed by atoms with Crippen LogP contribution < -0.4 is 10.2 Å². The van der Waals surface area contributed by atoms with Gasteiger partial charge >= 0.3 is 0 Å². The lowest BCUT2D eigenvalue weighted by atomic mass is 9.95. The summed E-state index contributed by atoms with van der Waals surface area (Å²) < 4.78 is 0. The van der Waals surface area contributed by atoms with Crippen molar-refractivity contribution in [1.82, 2.24) is 20.2 Å². The van der Waals surface area contributed by atoms with Crippen LogP contribution in [0.1, 0.15) is 51.9 Å². The fraction of sp³-hybridized carbons (Fsp3) is 0.714. The number of carbonyl (C=O) groups is 2. The number of piperazine rings is 1. The molecule has 1 unspecified atom stereocenters. The SMILES string of the molecule is CC1CN(c2cc(Cl)nc(SCC(=O)NC3CCCCC3)n2)CCN1C(=O)C1CC1. The van der Waals surface area contributed by atoms with E-state index < -0.39 is 0 Å². The first-order valence-corrected chi connectivity index (χ1v) is 12.4. The molecule has 30 heavy (non-hydrogen) atoms. The predicted octanol–water partition coefficient (Wildman–Crippen LogP) is 3.12. The molecule has 4 rings (SSSR count). The van der Waals surface area contributed by atoms with Crippen LogP contribution in [-0.4, -0.2) is 64.2 Å². The normalized spacial score (nSPS) is 22.8. The molecule has 3 aliphatic rings. The van der Waals surface area contributed by atoms with Crippen molar-refractivity contribution in [3.8, 4) is 0 Å². The highest BCUT2D eigenvalue weighted by Crippen LogP contribution is 2.33. The van der Waals surface area contributed by atoms with E-state index in [2.05, 4.69) is 27.1 Å². The molecule has 1 N–H and O–H groups in total. The monoisotopic (exact) mass is 451 g/mol. The van der Waals surface area contributed by atoms with E-state index in [1.807, 2.05) is 4.90 Å².